The Labute approximate surface area is 183 Å². The Morgan fingerprint density at radius 1 is 1.39 bits per heavy atom. The van der Waals surface area contributed by atoms with E-state index in [9.17, 15) is 19.5 Å². The molecule has 0 aromatic heterocycles. The number of anilines is 2. The molecule has 1 aromatic carbocycles. The van der Waals surface area contributed by atoms with Crippen molar-refractivity contribution in [3.05, 3.63) is 23.8 Å². The molecule has 5 atom stereocenters. The molecular weight excluding hydrogens is 414 g/mol. The number of fused-ring (bicyclic) bond motifs is 2. The van der Waals surface area contributed by atoms with E-state index >= 15 is 0 Å². The number of piperidine rings is 1. The van der Waals surface area contributed by atoms with Gasteiger partial charge in [0.15, 0.2) is 13.9 Å². The number of amides is 2. The van der Waals surface area contributed by atoms with E-state index in [1.165, 1.54) is 0 Å². The second-order valence-corrected chi connectivity index (χ2v) is 13.6. The molecule has 3 aliphatic rings. The zero-order chi connectivity index (χ0) is 22.4. The van der Waals surface area contributed by atoms with Crippen molar-refractivity contribution >= 4 is 31.5 Å². The lowest BCUT2D eigenvalue weighted by atomic mass is 9.82. The van der Waals surface area contributed by atoms with Crippen LogP contribution in [0.1, 0.15) is 31.7 Å². The lowest BCUT2D eigenvalue weighted by molar-refractivity contribution is -0.143. The van der Waals surface area contributed by atoms with Gasteiger partial charge in [-0.25, -0.2) is 0 Å². The molecule has 1 aromatic rings. The van der Waals surface area contributed by atoms with Gasteiger partial charge in [0.25, 0.3) is 5.91 Å². The van der Waals surface area contributed by atoms with Gasteiger partial charge >= 0.3 is 0 Å². The monoisotopic (exact) mass is 447 g/mol. The number of hydrogen-bond acceptors (Lipinski definition) is 6. The Balaban J connectivity index is 1.66. The third kappa shape index (κ3) is 3.82. The molecule has 8 nitrogen and oxygen atoms in total. The Morgan fingerprint density at radius 3 is 2.81 bits per heavy atom. The predicted octanol–water partition coefficient (Wildman–Crippen LogP) is 1.76. The highest BCUT2D eigenvalue weighted by Crippen LogP contribution is 2.58. The number of aliphatic hydroxyl groups excluding tert-OH is 1. The highest BCUT2D eigenvalue weighted by Gasteiger charge is 2.64. The summed E-state index contributed by atoms with van der Waals surface area (Å²) in [4.78, 5) is 36.9. The van der Waals surface area contributed by atoms with E-state index in [2.05, 4.69) is 16.0 Å². The van der Waals surface area contributed by atoms with Gasteiger partial charge in [0.05, 0.1) is 12.0 Å². The molecule has 2 fully saturated rings. The minimum Gasteiger partial charge on any atom is -0.432 e. The minimum absolute atomic E-state index is 0.0289. The van der Waals surface area contributed by atoms with Crippen LogP contribution in [0, 0.1) is 11.8 Å². The van der Waals surface area contributed by atoms with Crippen molar-refractivity contribution in [2.24, 2.45) is 11.8 Å². The molecule has 0 bridgehead atoms. The first-order chi connectivity index (χ1) is 14.7. The lowest BCUT2D eigenvalue weighted by Crippen LogP contribution is -2.43. The smallest absolute Gasteiger partial charge is 0.261 e. The molecule has 3 aliphatic heterocycles. The van der Waals surface area contributed by atoms with Gasteiger partial charge < -0.3 is 30.6 Å². The maximum Gasteiger partial charge on any atom is 0.261 e. The van der Waals surface area contributed by atoms with Crippen LogP contribution in [0.4, 0.5) is 11.4 Å². The van der Waals surface area contributed by atoms with Gasteiger partial charge in [-0.2, -0.15) is 0 Å². The normalized spacial score (nSPS) is 32.7. The van der Waals surface area contributed by atoms with Crippen molar-refractivity contribution < 1.29 is 24.2 Å². The lowest BCUT2D eigenvalue weighted by Gasteiger charge is -2.32. The molecule has 0 radical (unpaired) electrons. The number of ether oxygens (including phenoxy) is 1. The summed E-state index contributed by atoms with van der Waals surface area (Å²) in [5, 5.41) is 18.7. The van der Waals surface area contributed by atoms with Crippen LogP contribution in [0.25, 0.3) is 0 Å². The van der Waals surface area contributed by atoms with Gasteiger partial charge in [0, 0.05) is 41.5 Å². The molecule has 170 valence electrons. The first-order valence-electron chi connectivity index (χ1n) is 11.2. The maximum absolute atomic E-state index is 13.2. The molecule has 3 heterocycles. The van der Waals surface area contributed by atoms with Gasteiger partial charge in [0.2, 0.25) is 5.91 Å². The van der Waals surface area contributed by atoms with Crippen molar-refractivity contribution in [3.63, 3.8) is 0 Å². The molecule has 5 N–H and O–H groups in total. The first kappa shape index (κ1) is 22.4. The van der Waals surface area contributed by atoms with E-state index in [0.717, 1.165) is 19.4 Å². The summed E-state index contributed by atoms with van der Waals surface area (Å²) in [6, 6.07) is 5.41. The fourth-order valence-corrected chi connectivity index (χ4v) is 8.29. The molecule has 2 saturated heterocycles. The van der Waals surface area contributed by atoms with E-state index in [0.29, 0.717) is 29.9 Å². The zero-order valence-corrected chi connectivity index (χ0v) is 19.4. The standard InChI is InChI=1S/C22H33N3O5Si/c1-13-19(31(2,3)29)18(8-10-26)30-22(13)16-11-15(6-7-17(16)25-21(22)28)24-20(27)14-5-4-9-23-12-14/h6-7,11,13-14,18-19,23,26,29H,4-5,8-10,12H2,1-3H3,(H,24,27)(H,25,28)/t13-,14?,18+,19-,22+/m1/s1. The van der Waals surface area contributed by atoms with Crippen LogP contribution in [0.15, 0.2) is 18.2 Å². The number of nitrogens with one attached hydrogen (secondary N) is 3. The topological polar surface area (TPSA) is 120 Å². The van der Waals surface area contributed by atoms with E-state index in [-0.39, 0.29) is 35.8 Å². The molecule has 1 spiro atoms. The number of carbonyl (C=O) groups is 2. The van der Waals surface area contributed by atoms with Crippen LogP contribution < -0.4 is 16.0 Å². The van der Waals surface area contributed by atoms with E-state index in [1.807, 2.05) is 26.1 Å². The van der Waals surface area contributed by atoms with Crippen molar-refractivity contribution in [3.8, 4) is 0 Å². The second kappa shape index (κ2) is 8.29. The number of aliphatic hydroxyl groups is 1. The Kier molecular flexibility index (Phi) is 5.99. The van der Waals surface area contributed by atoms with Crippen molar-refractivity contribution in [2.45, 2.75) is 56.5 Å². The quantitative estimate of drug-likeness (QED) is 0.439. The first-order valence-corrected chi connectivity index (χ1v) is 14.2. The van der Waals surface area contributed by atoms with E-state index < -0.39 is 20.0 Å². The fraction of sp³-hybridized carbons (Fsp3) is 0.636. The summed E-state index contributed by atoms with van der Waals surface area (Å²) in [6.07, 6.45) is 1.79. The number of hydrogen-bond donors (Lipinski definition) is 5. The molecule has 1 unspecified atom stereocenters. The summed E-state index contributed by atoms with van der Waals surface area (Å²) in [7, 11) is -2.69. The van der Waals surface area contributed by atoms with Crippen molar-refractivity contribution in [1.82, 2.24) is 5.32 Å². The molecular formula is C22H33N3O5Si. The third-order valence-electron chi connectivity index (χ3n) is 7.09. The largest absolute Gasteiger partial charge is 0.432 e. The molecule has 31 heavy (non-hydrogen) atoms. The molecule has 0 saturated carbocycles. The highest BCUT2D eigenvalue weighted by atomic mass is 28.4. The van der Waals surface area contributed by atoms with Crippen LogP contribution in [-0.2, 0) is 19.9 Å². The van der Waals surface area contributed by atoms with Crippen LogP contribution in [0.2, 0.25) is 18.6 Å². The Bertz CT molecular complexity index is 867. The summed E-state index contributed by atoms with van der Waals surface area (Å²) in [5.41, 5.74) is 0.537. The van der Waals surface area contributed by atoms with E-state index in [1.54, 1.807) is 12.1 Å². The van der Waals surface area contributed by atoms with E-state index in [4.69, 9.17) is 4.74 Å². The molecule has 4 rings (SSSR count). The highest BCUT2D eigenvalue weighted by molar-refractivity contribution is 6.71. The Hall–Kier alpha value is -1.78. The Morgan fingerprint density at radius 2 is 2.16 bits per heavy atom. The van der Waals surface area contributed by atoms with Gasteiger partial charge in [-0.1, -0.05) is 6.92 Å². The van der Waals surface area contributed by atoms with Crippen molar-refractivity contribution in [2.75, 3.05) is 30.3 Å². The van der Waals surface area contributed by atoms with Gasteiger partial charge in [-0.3, -0.25) is 9.59 Å². The predicted molar refractivity (Wildman–Crippen MR) is 120 cm³/mol. The van der Waals surface area contributed by atoms with Crippen LogP contribution >= 0.6 is 0 Å². The number of rotatable bonds is 5. The molecule has 0 aliphatic carbocycles. The van der Waals surface area contributed by atoms with Crippen molar-refractivity contribution in [1.29, 1.82) is 0 Å². The maximum atomic E-state index is 13.2. The van der Waals surface area contributed by atoms with Crippen LogP contribution in [-0.4, -0.2) is 55.8 Å². The summed E-state index contributed by atoms with van der Waals surface area (Å²) in [6.45, 7) is 7.18. The molecule has 9 heteroatoms. The van der Waals surface area contributed by atoms with Gasteiger partial charge in [-0.05, 0) is 57.1 Å². The van der Waals surface area contributed by atoms with Crippen LogP contribution in [0.3, 0.4) is 0 Å². The zero-order valence-electron chi connectivity index (χ0n) is 18.4. The SMILES string of the molecule is C[C@@H]1[C@@H]([Si](C)(C)O)[C@H](CCO)O[C@@]12C(=O)Nc1ccc(NC(=O)C3CCCNC3)cc12. The summed E-state index contributed by atoms with van der Waals surface area (Å²) < 4.78 is 6.40. The average molecular weight is 448 g/mol. The summed E-state index contributed by atoms with van der Waals surface area (Å²) >= 11 is 0. The molecule has 2 amide bonds. The second-order valence-electron chi connectivity index (χ2n) is 9.62. The van der Waals surface area contributed by atoms with Gasteiger partial charge in [0.1, 0.15) is 0 Å². The fourth-order valence-electron chi connectivity index (χ4n) is 5.69. The third-order valence-corrected chi connectivity index (χ3v) is 9.59. The minimum atomic E-state index is -2.69. The number of benzene rings is 1. The van der Waals surface area contributed by atoms with Gasteiger partial charge in [-0.15, -0.1) is 0 Å². The summed E-state index contributed by atoms with van der Waals surface area (Å²) in [5.74, 6) is -0.625. The van der Waals surface area contributed by atoms with Crippen LogP contribution in [0.5, 0.6) is 0 Å². The average Bonchev–Trinajstić information content (AvgIpc) is 3.17. The number of carbonyl (C=O) groups excluding carboxylic acids is 2.